The van der Waals surface area contributed by atoms with Crippen molar-refractivity contribution in [3.05, 3.63) is 28.8 Å². The van der Waals surface area contributed by atoms with Gasteiger partial charge in [-0.15, -0.1) is 0 Å². The van der Waals surface area contributed by atoms with Gasteiger partial charge in [0.2, 0.25) is 5.91 Å². The molecule has 0 aliphatic rings. The number of amides is 1. The SMILES string of the molecule is CCN(C)C(=O)C(C)NCc1cccc(Cl)c1O. The normalized spacial score (nSPS) is 12.2. The quantitative estimate of drug-likeness (QED) is 0.861. The van der Waals surface area contributed by atoms with E-state index in [2.05, 4.69) is 5.32 Å². The molecule has 0 radical (unpaired) electrons. The van der Waals surface area contributed by atoms with Crippen LogP contribution in [0.1, 0.15) is 19.4 Å². The molecule has 2 N–H and O–H groups in total. The van der Waals surface area contributed by atoms with Crippen molar-refractivity contribution in [2.24, 2.45) is 0 Å². The summed E-state index contributed by atoms with van der Waals surface area (Å²) in [6.45, 7) is 4.80. The number of halogens is 1. The Balaban J connectivity index is 2.60. The summed E-state index contributed by atoms with van der Waals surface area (Å²) >= 11 is 5.81. The van der Waals surface area contributed by atoms with Gasteiger partial charge < -0.3 is 15.3 Å². The second-order valence-electron chi connectivity index (χ2n) is 4.20. The first-order chi connectivity index (χ1) is 8.47. The van der Waals surface area contributed by atoms with Crippen LogP contribution in [0.2, 0.25) is 5.02 Å². The van der Waals surface area contributed by atoms with Crippen molar-refractivity contribution < 1.29 is 9.90 Å². The summed E-state index contributed by atoms with van der Waals surface area (Å²) in [7, 11) is 1.76. The predicted octanol–water partition coefficient (Wildman–Crippen LogP) is 2.00. The number of hydrogen-bond acceptors (Lipinski definition) is 3. The van der Waals surface area contributed by atoms with Crippen LogP contribution in [0.4, 0.5) is 0 Å². The summed E-state index contributed by atoms with van der Waals surface area (Å²) in [4.78, 5) is 13.5. The van der Waals surface area contributed by atoms with Gasteiger partial charge in [-0.1, -0.05) is 23.7 Å². The van der Waals surface area contributed by atoms with E-state index < -0.39 is 0 Å². The lowest BCUT2D eigenvalue weighted by atomic mass is 10.2. The average molecular weight is 271 g/mol. The minimum atomic E-state index is -0.298. The third kappa shape index (κ3) is 3.62. The number of phenolic OH excluding ortho intramolecular Hbond substituents is 1. The molecule has 1 aromatic carbocycles. The molecule has 0 aliphatic heterocycles. The van der Waals surface area contributed by atoms with E-state index in [9.17, 15) is 9.90 Å². The Morgan fingerprint density at radius 1 is 1.56 bits per heavy atom. The number of likely N-dealkylation sites (N-methyl/N-ethyl adjacent to an activating group) is 1. The van der Waals surface area contributed by atoms with Crippen LogP contribution in [-0.4, -0.2) is 35.5 Å². The first-order valence-corrected chi connectivity index (χ1v) is 6.29. The Bertz CT molecular complexity index is 423. The zero-order valence-electron chi connectivity index (χ0n) is 10.9. The van der Waals surface area contributed by atoms with Gasteiger partial charge in [0, 0.05) is 25.7 Å². The van der Waals surface area contributed by atoms with Gasteiger partial charge in [0.15, 0.2) is 0 Å². The number of para-hydroxylation sites is 1. The number of nitrogens with one attached hydrogen (secondary N) is 1. The highest BCUT2D eigenvalue weighted by Crippen LogP contribution is 2.26. The topological polar surface area (TPSA) is 52.6 Å². The molecular formula is C13H19ClN2O2. The lowest BCUT2D eigenvalue weighted by molar-refractivity contribution is -0.131. The molecule has 0 saturated carbocycles. The standard InChI is InChI=1S/C13H19ClN2O2/c1-4-16(3)13(18)9(2)15-8-10-6-5-7-11(14)12(10)17/h5-7,9,15,17H,4,8H2,1-3H3. The molecule has 0 fully saturated rings. The van der Waals surface area contributed by atoms with Gasteiger partial charge in [-0.2, -0.15) is 0 Å². The van der Waals surface area contributed by atoms with Crippen LogP contribution in [-0.2, 0) is 11.3 Å². The van der Waals surface area contributed by atoms with Gasteiger partial charge in [-0.3, -0.25) is 4.79 Å². The number of phenols is 1. The van der Waals surface area contributed by atoms with Crippen molar-refractivity contribution in [3.8, 4) is 5.75 Å². The van der Waals surface area contributed by atoms with Gasteiger partial charge >= 0.3 is 0 Å². The number of aromatic hydroxyl groups is 1. The van der Waals surface area contributed by atoms with Gasteiger partial charge in [0.05, 0.1) is 11.1 Å². The maximum absolute atomic E-state index is 11.8. The van der Waals surface area contributed by atoms with Crippen LogP contribution in [0.3, 0.4) is 0 Å². The number of nitrogens with zero attached hydrogens (tertiary/aromatic N) is 1. The molecule has 1 unspecified atom stereocenters. The summed E-state index contributed by atoms with van der Waals surface area (Å²) < 4.78 is 0. The third-order valence-electron chi connectivity index (χ3n) is 2.89. The number of benzene rings is 1. The van der Waals surface area contributed by atoms with Crippen LogP contribution in [0, 0.1) is 0 Å². The van der Waals surface area contributed by atoms with E-state index in [1.165, 1.54) is 0 Å². The Labute approximate surface area is 113 Å². The molecule has 5 heteroatoms. The first-order valence-electron chi connectivity index (χ1n) is 5.92. The van der Waals surface area contributed by atoms with Gasteiger partial charge in [-0.05, 0) is 19.9 Å². The van der Waals surface area contributed by atoms with Crippen LogP contribution >= 0.6 is 11.6 Å². The molecule has 0 saturated heterocycles. The zero-order chi connectivity index (χ0) is 13.7. The maximum atomic E-state index is 11.8. The van der Waals surface area contributed by atoms with Crippen LogP contribution in [0.5, 0.6) is 5.75 Å². The van der Waals surface area contributed by atoms with Gasteiger partial charge in [0.1, 0.15) is 5.75 Å². The van der Waals surface area contributed by atoms with Gasteiger partial charge in [-0.25, -0.2) is 0 Å². The summed E-state index contributed by atoms with van der Waals surface area (Å²) in [6, 6.07) is 4.87. The van der Waals surface area contributed by atoms with Crippen molar-refractivity contribution in [2.45, 2.75) is 26.4 Å². The Hall–Kier alpha value is -1.26. The molecule has 1 aromatic rings. The third-order valence-corrected chi connectivity index (χ3v) is 3.20. The molecule has 0 aliphatic carbocycles. The van der Waals surface area contributed by atoms with Gasteiger partial charge in [0.25, 0.3) is 0 Å². The summed E-state index contributed by atoms with van der Waals surface area (Å²) in [5.74, 6) is 0.0918. The number of carbonyl (C=O) groups excluding carboxylic acids is 1. The summed E-state index contributed by atoms with van der Waals surface area (Å²) in [6.07, 6.45) is 0. The Morgan fingerprint density at radius 3 is 2.83 bits per heavy atom. The number of carbonyl (C=O) groups is 1. The van der Waals surface area contributed by atoms with E-state index in [1.807, 2.05) is 6.92 Å². The predicted molar refractivity (Wildman–Crippen MR) is 72.7 cm³/mol. The second kappa shape index (κ2) is 6.61. The molecular weight excluding hydrogens is 252 g/mol. The fourth-order valence-electron chi connectivity index (χ4n) is 1.54. The highest BCUT2D eigenvalue weighted by Gasteiger charge is 2.16. The highest BCUT2D eigenvalue weighted by molar-refractivity contribution is 6.32. The van der Waals surface area contributed by atoms with Crippen molar-refractivity contribution in [1.82, 2.24) is 10.2 Å². The van der Waals surface area contributed by atoms with E-state index in [1.54, 1.807) is 37.1 Å². The fourth-order valence-corrected chi connectivity index (χ4v) is 1.73. The summed E-state index contributed by atoms with van der Waals surface area (Å²) in [5, 5.41) is 13.1. The first kappa shape index (κ1) is 14.8. The number of rotatable bonds is 5. The molecule has 100 valence electrons. The van der Waals surface area contributed by atoms with Crippen LogP contribution in [0.15, 0.2) is 18.2 Å². The molecule has 4 nitrogen and oxygen atoms in total. The largest absolute Gasteiger partial charge is 0.506 e. The molecule has 1 rings (SSSR count). The smallest absolute Gasteiger partial charge is 0.239 e. The lowest BCUT2D eigenvalue weighted by Crippen LogP contribution is -2.42. The highest BCUT2D eigenvalue weighted by atomic mass is 35.5. The van der Waals surface area contributed by atoms with Crippen LogP contribution < -0.4 is 5.32 Å². The molecule has 18 heavy (non-hydrogen) atoms. The van der Waals surface area contributed by atoms with E-state index in [-0.39, 0.29) is 17.7 Å². The molecule has 0 spiro atoms. The minimum Gasteiger partial charge on any atom is -0.506 e. The zero-order valence-corrected chi connectivity index (χ0v) is 11.7. The lowest BCUT2D eigenvalue weighted by Gasteiger charge is -2.20. The van der Waals surface area contributed by atoms with E-state index in [4.69, 9.17) is 11.6 Å². The van der Waals surface area contributed by atoms with Crippen LogP contribution in [0.25, 0.3) is 0 Å². The molecule has 0 aromatic heterocycles. The second-order valence-corrected chi connectivity index (χ2v) is 4.61. The summed E-state index contributed by atoms with van der Waals surface area (Å²) in [5.41, 5.74) is 0.682. The van der Waals surface area contributed by atoms with E-state index >= 15 is 0 Å². The minimum absolute atomic E-state index is 0.0269. The fraction of sp³-hybridized carbons (Fsp3) is 0.462. The maximum Gasteiger partial charge on any atom is 0.239 e. The molecule has 1 atom stereocenters. The number of hydrogen-bond donors (Lipinski definition) is 2. The van der Waals surface area contributed by atoms with E-state index in [0.29, 0.717) is 23.7 Å². The average Bonchev–Trinajstić information content (AvgIpc) is 2.38. The van der Waals surface area contributed by atoms with E-state index in [0.717, 1.165) is 0 Å². The molecule has 0 bridgehead atoms. The van der Waals surface area contributed by atoms with Crippen molar-refractivity contribution in [2.75, 3.05) is 13.6 Å². The Morgan fingerprint density at radius 2 is 2.22 bits per heavy atom. The van der Waals surface area contributed by atoms with Crippen molar-refractivity contribution >= 4 is 17.5 Å². The molecule has 1 amide bonds. The van der Waals surface area contributed by atoms with Crippen molar-refractivity contribution in [1.29, 1.82) is 0 Å². The van der Waals surface area contributed by atoms with Crippen molar-refractivity contribution in [3.63, 3.8) is 0 Å². The monoisotopic (exact) mass is 270 g/mol. The Kier molecular flexibility index (Phi) is 5.44. The molecule has 0 heterocycles.